The molecular weight excluding hydrogens is 305 g/mol. The Morgan fingerprint density at radius 2 is 2.14 bits per heavy atom. The van der Waals surface area contributed by atoms with Crippen LogP contribution in [0.4, 0.5) is 4.39 Å². The first-order chi connectivity index (χ1) is 10.5. The fourth-order valence-electron chi connectivity index (χ4n) is 2.60. The SMILES string of the molecule is Cc1ccnc(C2CCN(S(=O)(=O)c3cccc(F)c3)C2)n1. The largest absolute Gasteiger partial charge is 0.243 e. The van der Waals surface area contributed by atoms with E-state index in [0.29, 0.717) is 25.3 Å². The molecule has 7 heteroatoms. The minimum absolute atomic E-state index is 0.0155. The third-order valence-electron chi connectivity index (χ3n) is 3.76. The van der Waals surface area contributed by atoms with Crippen LogP contribution in [0.5, 0.6) is 0 Å². The molecule has 0 aliphatic carbocycles. The first kappa shape index (κ1) is 15.1. The molecule has 5 nitrogen and oxygen atoms in total. The maximum absolute atomic E-state index is 13.3. The average Bonchev–Trinajstić information content (AvgIpc) is 2.98. The van der Waals surface area contributed by atoms with Crippen LogP contribution in [0.15, 0.2) is 41.4 Å². The number of halogens is 1. The van der Waals surface area contributed by atoms with Gasteiger partial charge in [0.05, 0.1) is 4.90 Å². The lowest BCUT2D eigenvalue weighted by molar-refractivity contribution is 0.470. The van der Waals surface area contributed by atoms with Crippen LogP contribution in [0.25, 0.3) is 0 Å². The number of nitrogens with zero attached hydrogens (tertiary/aromatic N) is 3. The monoisotopic (exact) mass is 321 g/mol. The van der Waals surface area contributed by atoms with Gasteiger partial charge in [0, 0.05) is 30.9 Å². The van der Waals surface area contributed by atoms with E-state index in [9.17, 15) is 12.8 Å². The smallest absolute Gasteiger partial charge is 0.241 e. The fourth-order valence-corrected chi connectivity index (χ4v) is 4.13. The van der Waals surface area contributed by atoms with Gasteiger partial charge in [-0.05, 0) is 37.6 Å². The van der Waals surface area contributed by atoms with Gasteiger partial charge >= 0.3 is 0 Å². The van der Waals surface area contributed by atoms with E-state index in [0.717, 1.165) is 11.8 Å². The van der Waals surface area contributed by atoms with Gasteiger partial charge in [0.2, 0.25) is 10.0 Å². The fraction of sp³-hybridized carbons (Fsp3) is 0.333. The summed E-state index contributed by atoms with van der Waals surface area (Å²) in [6, 6.07) is 6.90. The van der Waals surface area contributed by atoms with E-state index < -0.39 is 15.8 Å². The summed E-state index contributed by atoms with van der Waals surface area (Å²) in [4.78, 5) is 8.58. The molecule has 0 spiro atoms. The second-order valence-corrected chi connectivity index (χ2v) is 7.30. The van der Waals surface area contributed by atoms with E-state index >= 15 is 0 Å². The van der Waals surface area contributed by atoms with Crippen LogP contribution in [-0.4, -0.2) is 35.8 Å². The first-order valence-corrected chi connectivity index (χ1v) is 8.46. The molecule has 0 radical (unpaired) electrons. The Morgan fingerprint density at radius 1 is 1.32 bits per heavy atom. The van der Waals surface area contributed by atoms with Gasteiger partial charge in [0.25, 0.3) is 0 Å². The Balaban J connectivity index is 1.83. The summed E-state index contributed by atoms with van der Waals surface area (Å²) in [5.74, 6) is 0.0824. The van der Waals surface area contributed by atoms with Gasteiger partial charge in [-0.25, -0.2) is 22.8 Å². The van der Waals surface area contributed by atoms with Crippen molar-refractivity contribution in [1.29, 1.82) is 0 Å². The number of aromatic nitrogens is 2. The minimum atomic E-state index is -3.67. The van der Waals surface area contributed by atoms with Crippen LogP contribution in [0, 0.1) is 12.7 Å². The van der Waals surface area contributed by atoms with E-state index in [2.05, 4.69) is 9.97 Å². The number of sulfonamides is 1. The van der Waals surface area contributed by atoms with Crippen LogP contribution in [0.3, 0.4) is 0 Å². The number of hydrogen-bond acceptors (Lipinski definition) is 4. The zero-order chi connectivity index (χ0) is 15.7. The number of aryl methyl sites for hydroxylation is 1. The molecule has 1 saturated heterocycles. The van der Waals surface area contributed by atoms with E-state index in [1.165, 1.54) is 22.5 Å². The molecule has 1 fully saturated rings. The molecule has 22 heavy (non-hydrogen) atoms. The summed E-state index contributed by atoms with van der Waals surface area (Å²) < 4.78 is 39.7. The molecule has 2 heterocycles. The summed E-state index contributed by atoms with van der Waals surface area (Å²) in [5, 5.41) is 0. The van der Waals surface area contributed by atoms with Crippen molar-refractivity contribution in [3.63, 3.8) is 0 Å². The molecule has 1 atom stereocenters. The predicted octanol–water partition coefficient (Wildman–Crippen LogP) is 2.10. The van der Waals surface area contributed by atoms with Crippen LogP contribution in [0.1, 0.15) is 23.9 Å². The molecule has 3 rings (SSSR count). The molecule has 0 bridgehead atoms. The van der Waals surface area contributed by atoms with Gasteiger partial charge in [-0.3, -0.25) is 0 Å². The lowest BCUT2D eigenvalue weighted by Crippen LogP contribution is -2.29. The van der Waals surface area contributed by atoms with Crippen LogP contribution in [-0.2, 0) is 10.0 Å². The Bertz CT molecular complexity index is 795. The summed E-state index contributed by atoms with van der Waals surface area (Å²) in [5.41, 5.74) is 0.858. The highest BCUT2D eigenvalue weighted by atomic mass is 32.2. The molecule has 0 saturated carbocycles. The van der Waals surface area contributed by atoms with E-state index in [1.54, 1.807) is 12.3 Å². The number of hydrogen-bond donors (Lipinski definition) is 0. The predicted molar refractivity (Wildman–Crippen MR) is 79.3 cm³/mol. The molecule has 1 unspecified atom stereocenters. The van der Waals surface area contributed by atoms with Gasteiger partial charge in [-0.2, -0.15) is 4.31 Å². The molecule has 0 amide bonds. The third kappa shape index (κ3) is 2.86. The summed E-state index contributed by atoms with van der Waals surface area (Å²) >= 11 is 0. The third-order valence-corrected chi connectivity index (χ3v) is 5.62. The van der Waals surface area contributed by atoms with Crippen LogP contribution >= 0.6 is 0 Å². The topological polar surface area (TPSA) is 63.2 Å². The second kappa shape index (κ2) is 5.73. The Hall–Kier alpha value is -1.86. The second-order valence-electron chi connectivity index (χ2n) is 5.36. The van der Waals surface area contributed by atoms with Gasteiger partial charge < -0.3 is 0 Å². The van der Waals surface area contributed by atoms with Crippen molar-refractivity contribution < 1.29 is 12.8 Å². The van der Waals surface area contributed by atoms with Gasteiger partial charge in [-0.1, -0.05) is 6.07 Å². The average molecular weight is 321 g/mol. The molecule has 1 aromatic heterocycles. The maximum Gasteiger partial charge on any atom is 0.243 e. The van der Waals surface area contributed by atoms with Crippen molar-refractivity contribution in [3.8, 4) is 0 Å². The number of benzene rings is 1. The molecule has 2 aromatic rings. The molecule has 1 aliphatic rings. The summed E-state index contributed by atoms with van der Waals surface area (Å²) in [7, 11) is -3.67. The number of rotatable bonds is 3. The van der Waals surface area contributed by atoms with E-state index in [4.69, 9.17) is 0 Å². The van der Waals surface area contributed by atoms with Crippen molar-refractivity contribution in [2.24, 2.45) is 0 Å². The highest BCUT2D eigenvalue weighted by Crippen LogP contribution is 2.29. The van der Waals surface area contributed by atoms with E-state index in [-0.39, 0.29) is 10.8 Å². The zero-order valence-electron chi connectivity index (χ0n) is 12.1. The lowest BCUT2D eigenvalue weighted by atomic mass is 10.1. The van der Waals surface area contributed by atoms with Gasteiger partial charge in [0.15, 0.2) is 0 Å². The van der Waals surface area contributed by atoms with Gasteiger partial charge in [-0.15, -0.1) is 0 Å². The molecule has 1 aliphatic heterocycles. The minimum Gasteiger partial charge on any atom is -0.241 e. The molecule has 0 N–H and O–H groups in total. The normalized spacial score (nSPS) is 19.5. The van der Waals surface area contributed by atoms with Crippen molar-refractivity contribution in [2.45, 2.75) is 24.2 Å². The van der Waals surface area contributed by atoms with Crippen molar-refractivity contribution in [3.05, 3.63) is 53.9 Å². The quantitative estimate of drug-likeness (QED) is 0.868. The Kier molecular flexibility index (Phi) is 3.92. The molecule has 116 valence electrons. The standard InChI is InChI=1S/C15H16FN3O2S/c1-11-5-7-17-15(18-11)12-6-8-19(10-12)22(20,21)14-4-2-3-13(16)9-14/h2-5,7,9,12H,6,8,10H2,1H3. The van der Waals surface area contributed by atoms with Crippen molar-refractivity contribution in [2.75, 3.05) is 13.1 Å². The summed E-state index contributed by atoms with van der Waals surface area (Å²) in [6.07, 6.45) is 2.35. The van der Waals surface area contributed by atoms with Crippen LogP contribution in [0.2, 0.25) is 0 Å². The molecular formula is C15H16FN3O2S. The maximum atomic E-state index is 13.3. The van der Waals surface area contributed by atoms with E-state index in [1.807, 2.05) is 6.92 Å². The van der Waals surface area contributed by atoms with Gasteiger partial charge in [0.1, 0.15) is 11.6 Å². The Labute approximate surface area is 128 Å². The zero-order valence-corrected chi connectivity index (χ0v) is 12.9. The Morgan fingerprint density at radius 3 is 2.86 bits per heavy atom. The van der Waals surface area contributed by atoms with Crippen molar-refractivity contribution >= 4 is 10.0 Å². The highest BCUT2D eigenvalue weighted by molar-refractivity contribution is 7.89. The summed E-state index contributed by atoms with van der Waals surface area (Å²) in [6.45, 7) is 2.59. The van der Waals surface area contributed by atoms with Crippen molar-refractivity contribution in [1.82, 2.24) is 14.3 Å². The van der Waals surface area contributed by atoms with Crippen LogP contribution < -0.4 is 0 Å². The molecule has 1 aromatic carbocycles. The lowest BCUT2D eigenvalue weighted by Gasteiger charge is -2.16. The highest BCUT2D eigenvalue weighted by Gasteiger charge is 2.34. The first-order valence-electron chi connectivity index (χ1n) is 7.02.